The Balaban J connectivity index is 1.65. The quantitative estimate of drug-likeness (QED) is 0.855. The Bertz CT molecular complexity index is 490. The van der Waals surface area contributed by atoms with Crippen molar-refractivity contribution in [2.24, 2.45) is 0 Å². The minimum atomic E-state index is -0.385. The molecule has 0 radical (unpaired) electrons. The van der Waals surface area contributed by atoms with Crippen LogP contribution >= 0.6 is 0 Å². The number of anilines is 1. The fourth-order valence-corrected chi connectivity index (χ4v) is 2.39. The first-order valence-corrected chi connectivity index (χ1v) is 7.90. The molecule has 22 heavy (non-hydrogen) atoms. The average molecular weight is 307 g/mol. The molecule has 2 heterocycles. The minimum Gasteiger partial charge on any atom is -0.490 e. The zero-order valence-corrected chi connectivity index (χ0v) is 13.8. The summed E-state index contributed by atoms with van der Waals surface area (Å²) in [6.07, 6.45) is 2.14. The normalized spacial score (nSPS) is 24.5. The van der Waals surface area contributed by atoms with Crippen LogP contribution in [0.3, 0.4) is 0 Å². The molecule has 3 rings (SSSR count). The van der Waals surface area contributed by atoms with Gasteiger partial charge in [-0.15, -0.1) is 5.23 Å². The first kappa shape index (κ1) is 15.6. The lowest BCUT2D eigenvalue weighted by Crippen LogP contribution is -2.41. The summed E-state index contributed by atoms with van der Waals surface area (Å²) in [5.41, 5.74) is 0.0899. The van der Waals surface area contributed by atoms with Crippen LogP contribution in [0, 0.1) is 0 Å². The van der Waals surface area contributed by atoms with Gasteiger partial charge < -0.3 is 9.47 Å². The molecule has 5 nitrogen and oxygen atoms in total. The van der Waals surface area contributed by atoms with Crippen LogP contribution in [-0.2, 0) is 14.4 Å². The van der Waals surface area contributed by atoms with E-state index in [2.05, 4.69) is 0 Å². The smallest absolute Gasteiger partial charge is 0.124 e. The molecule has 0 atom stereocenters. The van der Waals surface area contributed by atoms with Gasteiger partial charge in [0.15, 0.2) is 0 Å². The Hall–Kier alpha value is -1.30. The van der Waals surface area contributed by atoms with Crippen molar-refractivity contribution in [3.05, 3.63) is 24.3 Å². The number of hydrogen-bond donors (Lipinski definition) is 0. The van der Waals surface area contributed by atoms with E-state index in [0.29, 0.717) is 0 Å². The van der Waals surface area contributed by atoms with E-state index in [1.807, 2.05) is 52.0 Å². The van der Waals surface area contributed by atoms with Crippen molar-refractivity contribution in [3.8, 4) is 5.75 Å². The van der Waals surface area contributed by atoms with Crippen molar-refractivity contribution >= 4 is 5.69 Å². The van der Waals surface area contributed by atoms with Gasteiger partial charge in [0.05, 0.1) is 18.9 Å². The van der Waals surface area contributed by atoms with Crippen LogP contribution in [0.4, 0.5) is 5.69 Å². The van der Waals surface area contributed by atoms with Crippen molar-refractivity contribution in [2.75, 3.05) is 18.4 Å². The Morgan fingerprint density at radius 3 is 2.05 bits per heavy atom. The van der Waals surface area contributed by atoms with Crippen molar-refractivity contribution in [3.63, 3.8) is 0 Å². The maximum Gasteiger partial charge on any atom is 0.124 e. The van der Waals surface area contributed by atoms with Crippen LogP contribution in [0.15, 0.2) is 24.3 Å². The number of nitrogens with zero attached hydrogens (tertiary/aromatic N) is 1. The molecule has 0 aliphatic carbocycles. The molecule has 2 aliphatic heterocycles. The molecule has 122 valence electrons. The molecule has 5 heteroatoms. The van der Waals surface area contributed by atoms with Crippen LogP contribution in [0.25, 0.3) is 0 Å². The van der Waals surface area contributed by atoms with Gasteiger partial charge in [-0.25, -0.2) is 9.68 Å². The Morgan fingerprint density at radius 1 is 0.955 bits per heavy atom. The van der Waals surface area contributed by atoms with Crippen molar-refractivity contribution in [1.82, 2.24) is 0 Å². The summed E-state index contributed by atoms with van der Waals surface area (Å²) in [6.45, 7) is 9.65. The van der Waals surface area contributed by atoms with Gasteiger partial charge in [-0.1, -0.05) is 0 Å². The first-order valence-electron chi connectivity index (χ1n) is 7.90. The lowest BCUT2D eigenvalue weighted by molar-refractivity contribution is -0.0273. The van der Waals surface area contributed by atoms with Gasteiger partial charge >= 0.3 is 0 Å². The maximum absolute atomic E-state index is 5.97. The third kappa shape index (κ3) is 3.07. The molecule has 0 saturated carbocycles. The van der Waals surface area contributed by atoms with Crippen molar-refractivity contribution in [1.29, 1.82) is 0 Å². The fourth-order valence-electron chi connectivity index (χ4n) is 2.39. The highest BCUT2D eigenvalue weighted by Crippen LogP contribution is 2.40. The van der Waals surface area contributed by atoms with Gasteiger partial charge in [-0.3, -0.25) is 0 Å². The number of rotatable bonds is 3. The highest BCUT2D eigenvalue weighted by atomic mass is 17.0. The van der Waals surface area contributed by atoms with E-state index in [0.717, 1.165) is 37.5 Å². The van der Waals surface area contributed by atoms with Crippen LogP contribution in [0.2, 0.25) is 0 Å². The van der Waals surface area contributed by atoms with Crippen LogP contribution in [0.1, 0.15) is 40.5 Å². The molecule has 2 saturated heterocycles. The molecule has 0 N–H and O–H groups in total. The van der Waals surface area contributed by atoms with Gasteiger partial charge in [0.2, 0.25) is 0 Å². The maximum atomic E-state index is 5.97. The van der Waals surface area contributed by atoms with E-state index in [1.165, 1.54) is 5.23 Å². The molecule has 0 bridgehead atoms. The number of hydrogen-bond acceptors (Lipinski definition) is 5. The zero-order chi connectivity index (χ0) is 15.8. The predicted molar refractivity (Wildman–Crippen MR) is 83.7 cm³/mol. The SMILES string of the molecule is CC1(C)ON(c2ccc(OC3CCOCC3)cc2)OC1(C)C. The topological polar surface area (TPSA) is 40.2 Å². The zero-order valence-electron chi connectivity index (χ0n) is 13.8. The van der Waals surface area contributed by atoms with E-state index < -0.39 is 0 Å². The van der Waals surface area contributed by atoms with Gasteiger partial charge in [-0.05, 0) is 52.0 Å². The minimum absolute atomic E-state index is 0.247. The number of ether oxygens (including phenoxy) is 2. The molecule has 1 aromatic rings. The Labute approximate surface area is 132 Å². The molecule has 2 fully saturated rings. The second kappa shape index (κ2) is 5.72. The molecular formula is C17H25NO4. The second-order valence-corrected chi connectivity index (χ2v) is 6.88. The monoisotopic (exact) mass is 307 g/mol. The van der Waals surface area contributed by atoms with Gasteiger partial charge in [0.1, 0.15) is 23.1 Å². The summed E-state index contributed by atoms with van der Waals surface area (Å²) in [5, 5.41) is 1.50. The van der Waals surface area contributed by atoms with Gasteiger partial charge in [0, 0.05) is 12.8 Å². The molecule has 1 aromatic carbocycles. The van der Waals surface area contributed by atoms with Crippen LogP contribution in [-0.4, -0.2) is 30.5 Å². The van der Waals surface area contributed by atoms with Gasteiger partial charge in [0.25, 0.3) is 0 Å². The third-order valence-electron chi connectivity index (χ3n) is 4.59. The van der Waals surface area contributed by atoms with E-state index in [4.69, 9.17) is 19.1 Å². The third-order valence-corrected chi connectivity index (χ3v) is 4.59. The molecule has 0 spiro atoms. The number of benzene rings is 1. The molecule has 0 unspecified atom stereocenters. The van der Waals surface area contributed by atoms with Crippen LogP contribution in [0.5, 0.6) is 5.75 Å². The summed E-state index contributed by atoms with van der Waals surface area (Å²) in [6, 6.07) is 7.81. The van der Waals surface area contributed by atoms with E-state index in [-0.39, 0.29) is 17.3 Å². The van der Waals surface area contributed by atoms with E-state index in [9.17, 15) is 0 Å². The molecule has 0 aromatic heterocycles. The lowest BCUT2D eigenvalue weighted by atomic mass is 9.90. The predicted octanol–water partition coefficient (Wildman–Crippen LogP) is 3.48. The molecule has 0 amide bonds. The van der Waals surface area contributed by atoms with Crippen molar-refractivity contribution < 1.29 is 19.1 Å². The summed E-state index contributed by atoms with van der Waals surface area (Å²) >= 11 is 0. The second-order valence-electron chi connectivity index (χ2n) is 6.88. The first-order chi connectivity index (χ1) is 10.4. The summed E-state index contributed by atoms with van der Waals surface area (Å²) in [4.78, 5) is 11.8. The molecule has 2 aliphatic rings. The van der Waals surface area contributed by atoms with Crippen LogP contribution < -0.4 is 9.96 Å². The highest BCUT2D eigenvalue weighted by molar-refractivity contribution is 5.46. The summed E-state index contributed by atoms with van der Waals surface area (Å²) in [7, 11) is 0. The largest absolute Gasteiger partial charge is 0.490 e. The summed E-state index contributed by atoms with van der Waals surface area (Å²) < 4.78 is 11.3. The summed E-state index contributed by atoms with van der Waals surface area (Å²) in [5.74, 6) is 0.869. The standard InChI is InChI=1S/C17H25NO4/c1-16(2)17(3,4)22-18(21-16)13-5-7-14(8-6-13)20-15-9-11-19-12-10-15/h5-8,15H,9-12H2,1-4H3. The average Bonchev–Trinajstić information content (AvgIpc) is 2.69. The van der Waals surface area contributed by atoms with E-state index in [1.54, 1.807) is 0 Å². The Kier molecular flexibility index (Phi) is 4.05. The van der Waals surface area contributed by atoms with E-state index >= 15 is 0 Å². The lowest BCUT2D eigenvalue weighted by Gasteiger charge is -2.26. The van der Waals surface area contributed by atoms with Gasteiger partial charge in [-0.2, -0.15) is 0 Å². The van der Waals surface area contributed by atoms with Crippen molar-refractivity contribution in [2.45, 2.75) is 57.8 Å². The fraction of sp³-hybridized carbons (Fsp3) is 0.647. The highest BCUT2D eigenvalue weighted by Gasteiger charge is 2.50. The molecular weight excluding hydrogens is 282 g/mol. The Morgan fingerprint density at radius 2 is 1.50 bits per heavy atom.